The Morgan fingerprint density at radius 3 is 3.15 bits per heavy atom. The molecule has 0 saturated carbocycles. The van der Waals surface area contributed by atoms with Gasteiger partial charge in [0.2, 0.25) is 0 Å². The standard InChI is InChI=1S/C10H16N2S/c11-5-9-1-3-12(6-9)7-10-2-4-13-8-10/h2,4,8-9H,1,3,5-7,11H2. The van der Waals surface area contributed by atoms with Crippen LogP contribution in [0.5, 0.6) is 0 Å². The first-order valence-electron chi connectivity index (χ1n) is 4.82. The summed E-state index contributed by atoms with van der Waals surface area (Å²) in [6, 6.07) is 2.21. The molecule has 0 spiro atoms. The molecule has 13 heavy (non-hydrogen) atoms. The van der Waals surface area contributed by atoms with Gasteiger partial charge in [-0.15, -0.1) is 0 Å². The van der Waals surface area contributed by atoms with Crippen molar-refractivity contribution in [2.24, 2.45) is 11.7 Å². The molecule has 1 aromatic heterocycles. The van der Waals surface area contributed by atoms with E-state index in [2.05, 4.69) is 21.7 Å². The Morgan fingerprint density at radius 2 is 2.54 bits per heavy atom. The highest BCUT2D eigenvalue weighted by atomic mass is 32.1. The van der Waals surface area contributed by atoms with E-state index < -0.39 is 0 Å². The second-order valence-electron chi connectivity index (χ2n) is 3.76. The SMILES string of the molecule is NCC1CCN(Cc2ccsc2)C1. The van der Waals surface area contributed by atoms with Gasteiger partial charge in [0, 0.05) is 13.1 Å². The van der Waals surface area contributed by atoms with Gasteiger partial charge in [0.1, 0.15) is 0 Å². The maximum atomic E-state index is 5.64. The van der Waals surface area contributed by atoms with E-state index in [1.54, 1.807) is 11.3 Å². The molecule has 2 nitrogen and oxygen atoms in total. The van der Waals surface area contributed by atoms with Crippen molar-refractivity contribution in [2.75, 3.05) is 19.6 Å². The van der Waals surface area contributed by atoms with Crippen LogP contribution in [0.2, 0.25) is 0 Å². The van der Waals surface area contributed by atoms with E-state index in [9.17, 15) is 0 Å². The molecule has 2 N–H and O–H groups in total. The maximum Gasteiger partial charge on any atom is 0.0242 e. The molecule has 0 aromatic carbocycles. The van der Waals surface area contributed by atoms with Crippen molar-refractivity contribution in [3.8, 4) is 0 Å². The van der Waals surface area contributed by atoms with Gasteiger partial charge in [0.15, 0.2) is 0 Å². The van der Waals surface area contributed by atoms with Gasteiger partial charge in [-0.2, -0.15) is 11.3 Å². The molecule has 72 valence electrons. The average Bonchev–Trinajstić information content (AvgIpc) is 2.76. The third kappa shape index (κ3) is 2.30. The average molecular weight is 196 g/mol. The maximum absolute atomic E-state index is 5.64. The van der Waals surface area contributed by atoms with Crippen molar-refractivity contribution in [1.29, 1.82) is 0 Å². The Kier molecular flexibility index (Phi) is 2.98. The molecule has 1 fully saturated rings. The van der Waals surface area contributed by atoms with E-state index in [1.807, 2.05) is 0 Å². The van der Waals surface area contributed by atoms with Gasteiger partial charge < -0.3 is 5.73 Å². The Balaban J connectivity index is 1.84. The van der Waals surface area contributed by atoms with Crippen LogP contribution in [0.4, 0.5) is 0 Å². The van der Waals surface area contributed by atoms with Crippen LogP contribution < -0.4 is 5.73 Å². The van der Waals surface area contributed by atoms with Crippen molar-refractivity contribution < 1.29 is 0 Å². The number of thiophene rings is 1. The van der Waals surface area contributed by atoms with E-state index in [0.29, 0.717) is 0 Å². The number of likely N-dealkylation sites (tertiary alicyclic amines) is 1. The van der Waals surface area contributed by atoms with Gasteiger partial charge in [-0.3, -0.25) is 4.90 Å². The van der Waals surface area contributed by atoms with Gasteiger partial charge in [0.05, 0.1) is 0 Å². The van der Waals surface area contributed by atoms with Crippen LogP contribution in [0, 0.1) is 5.92 Å². The Morgan fingerprint density at radius 1 is 1.62 bits per heavy atom. The second kappa shape index (κ2) is 4.22. The summed E-state index contributed by atoms with van der Waals surface area (Å²) in [5, 5.41) is 4.38. The van der Waals surface area contributed by atoms with E-state index in [1.165, 1.54) is 25.1 Å². The summed E-state index contributed by atoms with van der Waals surface area (Å²) in [7, 11) is 0. The van der Waals surface area contributed by atoms with Crippen LogP contribution in [-0.2, 0) is 6.54 Å². The fourth-order valence-electron chi connectivity index (χ4n) is 1.89. The van der Waals surface area contributed by atoms with Crippen LogP contribution in [-0.4, -0.2) is 24.5 Å². The summed E-state index contributed by atoms with van der Waals surface area (Å²) in [6.45, 7) is 4.37. The normalized spacial score (nSPS) is 23.9. The van der Waals surface area contributed by atoms with Crippen molar-refractivity contribution in [3.05, 3.63) is 22.4 Å². The molecule has 3 heteroatoms. The largest absolute Gasteiger partial charge is 0.330 e. The summed E-state index contributed by atoms with van der Waals surface area (Å²) >= 11 is 1.78. The first kappa shape index (κ1) is 9.19. The minimum atomic E-state index is 0.735. The molecule has 1 saturated heterocycles. The minimum Gasteiger partial charge on any atom is -0.330 e. The lowest BCUT2D eigenvalue weighted by Gasteiger charge is -2.14. The predicted octanol–water partition coefficient (Wildman–Crippen LogP) is 1.53. The van der Waals surface area contributed by atoms with Crippen molar-refractivity contribution in [1.82, 2.24) is 4.90 Å². The first-order valence-corrected chi connectivity index (χ1v) is 5.76. The molecule has 2 heterocycles. The van der Waals surface area contributed by atoms with Crippen LogP contribution in [0.25, 0.3) is 0 Å². The fourth-order valence-corrected chi connectivity index (χ4v) is 2.55. The summed E-state index contributed by atoms with van der Waals surface area (Å²) in [5.74, 6) is 0.735. The monoisotopic (exact) mass is 196 g/mol. The van der Waals surface area contributed by atoms with E-state index in [0.717, 1.165) is 19.0 Å². The number of nitrogens with two attached hydrogens (primary N) is 1. The summed E-state index contributed by atoms with van der Waals surface area (Å²) in [5.41, 5.74) is 7.09. The van der Waals surface area contributed by atoms with Crippen LogP contribution in [0.3, 0.4) is 0 Å². The topological polar surface area (TPSA) is 29.3 Å². The molecule has 0 aliphatic carbocycles. The molecule has 1 aliphatic heterocycles. The van der Waals surface area contributed by atoms with E-state index in [4.69, 9.17) is 5.73 Å². The molecule has 1 aliphatic rings. The van der Waals surface area contributed by atoms with E-state index in [-0.39, 0.29) is 0 Å². The van der Waals surface area contributed by atoms with Crippen molar-refractivity contribution in [2.45, 2.75) is 13.0 Å². The van der Waals surface area contributed by atoms with E-state index >= 15 is 0 Å². The number of rotatable bonds is 3. The second-order valence-corrected chi connectivity index (χ2v) is 4.54. The molecular formula is C10H16N2S. The lowest BCUT2D eigenvalue weighted by atomic mass is 10.1. The zero-order valence-corrected chi connectivity index (χ0v) is 8.59. The Bertz CT molecular complexity index is 245. The molecule has 0 amide bonds. The van der Waals surface area contributed by atoms with Gasteiger partial charge in [0.25, 0.3) is 0 Å². The van der Waals surface area contributed by atoms with Crippen LogP contribution >= 0.6 is 11.3 Å². The Hall–Kier alpha value is -0.380. The van der Waals surface area contributed by atoms with Crippen molar-refractivity contribution in [3.63, 3.8) is 0 Å². The molecule has 1 aromatic rings. The third-order valence-electron chi connectivity index (χ3n) is 2.69. The highest BCUT2D eigenvalue weighted by Crippen LogP contribution is 2.18. The smallest absolute Gasteiger partial charge is 0.0242 e. The molecule has 0 radical (unpaired) electrons. The molecule has 1 unspecified atom stereocenters. The molecule has 1 atom stereocenters. The number of hydrogen-bond donors (Lipinski definition) is 1. The summed E-state index contributed by atoms with van der Waals surface area (Å²) < 4.78 is 0. The quantitative estimate of drug-likeness (QED) is 0.794. The number of nitrogens with zero attached hydrogens (tertiary/aromatic N) is 1. The number of hydrogen-bond acceptors (Lipinski definition) is 3. The van der Waals surface area contributed by atoms with Crippen LogP contribution in [0.1, 0.15) is 12.0 Å². The fraction of sp³-hybridized carbons (Fsp3) is 0.600. The lowest BCUT2D eigenvalue weighted by molar-refractivity contribution is 0.318. The van der Waals surface area contributed by atoms with Crippen molar-refractivity contribution >= 4 is 11.3 Å². The summed E-state index contributed by atoms with van der Waals surface area (Å²) in [4.78, 5) is 2.50. The zero-order chi connectivity index (χ0) is 9.10. The van der Waals surface area contributed by atoms with Gasteiger partial charge in [-0.25, -0.2) is 0 Å². The first-order chi connectivity index (χ1) is 6.38. The molecule has 2 rings (SSSR count). The summed E-state index contributed by atoms with van der Waals surface area (Å²) in [6.07, 6.45) is 1.28. The Labute approximate surface area is 83.4 Å². The third-order valence-corrected chi connectivity index (χ3v) is 3.42. The zero-order valence-electron chi connectivity index (χ0n) is 7.78. The van der Waals surface area contributed by atoms with Gasteiger partial charge in [-0.1, -0.05) is 0 Å². The predicted molar refractivity (Wildman–Crippen MR) is 56.8 cm³/mol. The highest BCUT2D eigenvalue weighted by molar-refractivity contribution is 7.07. The lowest BCUT2D eigenvalue weighted by Crippen LogP contribution is -2.22. The molecular weight excluding hydrogens is 180 g/mol. The van der Waals surface area contributed by atoms with Gasteiger partial charge in [-0.05, 0) is 47.8 Å². The van der Waals surface area contributed by atoms with Crippen LogP contribution in [0.15, 0.2) is 16.8 Å². The van der Waals surface area contributed by atoms with Gasteiger partial charge >= 0.3 is 0 Å². The highest BCUT2D eigenvalue weighted by Gasteiger charge is 2.20. The molecule has 0 bridgehead atoms. The minimum absolute atomic E-state index is 0.735.